The number of halogens is 3. The Hall–Kier alpha value is -1.48. The summed E-state index contributed by atoms with van der Waals surface area (Å²) in [6, 6.07) is 1.27. The summed E-state index contributed by atoms with van der Waals surface area (Å²) in [6.07, 6.45) is -4.76. The molecule has 1 N–H and O–H groups in total. The Labute approximate surface area is 95.9 Å². The van der Waals surface area contributed by atoms with Gasteiger partial charge in [0.1, 0.15) is 5.69 Å². The van der Waals surface area contributed by atoms with Gasteiger partial charge in [0.15, 0.2) is 5.03 Å². The maximum Gasteiger partial charge on any atom is 0.433 e. The molecule has 0 aliphatic heterocycles. The second kappa shape index (κ2) is 4.80. The molecule has 0 aromatic carbocycles. The predicted molar refractivity (Wildman–Crippen MR) is 49.6 cm³/mol. The van der Waals surface area contributed by atoms with Gasteiger partial charge < -0.3 is 9.29 Å². The number of esters is 1. The maximum atomic E-state index is 12.3. The number of nitrogens with zero attached hydrogens (tertiary/aromatic N) is 1. The van der Waals surface area contributed by atoms with Crippen LogP contribution in [0.25, 0.3) is 0 Å². The van der Waals surface area contributed by atoms with Crippen molar-refractivity contribution in [3.8, 4) is 0 Å². The predicted octanol–water partition coefficient (Wildman–Crippen LogP) is 1.47. The summed E-state index contributed by atoms with van der Waals surface area (Å²) >= 11 is -2.82. The van der Waals surface area contributed by atoms with Crippen LogP contribution in [0.1, 0.15) is 16.1 Å². The molecule has 0 saturated heterocycles. The van der Waals surface area contributed by atoms with Crippen LogP contribution < -0.4 is 0 Å². The summed E-state index contributed by atoms with van der Waals surface area (Å²) in [6.45, 7) is 0. The van der Waals surface area contributed by atoms with Gasteiger partial charge in [-0.15, -0.1) is 0 Å². The quantitative estimate of drug-likeness (QED) is 0.649. The Balaban J connectivity index is 3.37. The second-order valence-electron chi connectivity index (χ2n) is 2.79. The van der Waals surface area contributed by atoms with Crippen LogP contribution in [0, 0.1) is 0 Å². The molecule has 9 heteroatoms. The van der Waals surface area contributed by atoms with Crippen LogP contribution in [-0.4, -0.2) is 26.8 Å². The van der Waals surface area contributed by atoms with E-state index >= 15 is 0 Å². The van der Waals surface area contributed by atoms with Gasteiger partial charge in [-0.1, -0.05) is 0 Å². The number of carbonyl (C=O) groups excluding carboxylic acids is 1. The van der Waals surface area contributed by atoms with Crippen LogP contribution in [0.15, 0.2) is 17.2 Å². The number of alkyl halides is 3. The van der Waals surface area contributed by atoms with Gasteiger partial charge >= 0.3 is 12.1 Å². The Bertz CT molecular complexity index is 474. The van der Waals surface area contributed by atoms with Gasteiger partial charge in [-0.05, 0) is 12.1 Å². The van der Waals surface area contributed by atoms with Gasteiger partial charge in [0.05, 0.1) is 12.7 Å². The molecule has 94 valence electrons. The van der Waals surface area contributed by atoms with Crippen molar-refractivity contribution in [2.24, 2.45) is 0 Å². The first-order chi connectivity index (χ1) is 7.77. The van der Waals surface area contributed by atoms with E-state index in [1.54, 1.807) is 0 Å². The minimum atomic E-state index is -4.76. The number of ether oxygens (including phenoxy) is 1. The zero-order chi connectivity index (χ0) is 13.2. The first kappa shape index (κ1) is 13.6. The Kier molecular flexibility index (Phi) is 3.83. The number of hydrogen-bond acceptors (Lipinski definition) is 4. The third-order valence-electron chi connectivity index (χ3n) is 1.72. The van der Waals surface area contributed by atoms with Crippen molar-refractivity contribution < 1.29 is 31.5 Å². The van der Waals surface area contributed by atoms with Gasteiger partial charge in [-0.3, -0.25) is 0 Å². The highest BCUT2D eigenvalue weighted by molar-refractivity contribution is 7.79. The molecule has 1 rings (SSSR count). The minimum Gasteiger partial charge on any atom is -0.465 e. The van der Waals surface area contributed by atoms with Crippen molar-refractivity contribution in [1.82, 2.24) is 4.98 Å². The lowest BCUT2D eigenvalue weighted by Gasteiger charge is -2.08. The fourth-order valence-corrected chi connectivity index (χ4v) is 1.51. The van der Waals surface area contributed by atoms with Gasteiger partial charge in [0, 0.05) is 0 Å². The fraction of sp³-hybridized carbons (Fsp3) is 0.250. The second-order valence-corrected chi connectivity index (χ2v) is 3.67. The van der Waals surface area contributed by atoms with Crippen molar-refractivity contribution >= 4 is 17.0 Å². The molecule has 1 aromatic heterocycles. The summed E-state index contributed by atoms with van der Waals surface area (Å²) in [4.78, 5) is 14.0. The van der Waals surface area contributed by atoms with E-state index in [9.17, 15) is 22.2 Å². The fourth-order valence-electron chi connectivity index (χ4n) is 0.997. The van der Waals surface area contributed by atoms with Crippen molar-refractivity contribution in [3.05, 3.63) is 23.4 Å². The van der Waals surface area contributed by atoms with Crippen molar-refractivity contribution in [2.45, 2.75) is 11.2 Å². The molecular formula is C8H6F3NO4S. The first-order valence-corrected chi connectivity index (χ1v) is 5.15. The molecule has 0 radical (unpaired) electrons. The average Bonchev–Trinajstić information content (AvgIpc) is 2.25. The molecule has 0 bridgehead atoms. The molecule has 0 saturated carbocycles. The van der Waals surface area contributed by atoms with Gasteiger partial charge in [0.25, 0.3) is 0 Å². The van der Waals surface area contributed by atoms with Gasteiger partial charge in [-0.2, -0.15) is 13.2 Å². The van der Waals surface area contributed by atoms with Crippen LogP contribution in [0.3, 0.4) is 0 Å². The molecule has 5 nitrogen and oxygen atoms in total. The summed E-state index contributed by atoms with van der Waals surface area (Å²) in [5.41, 5.74) is -1.84. The zero-order valence-electron chi connectivity index (χ0n) is 8.32. The number of rotatable bonds is 2. The number of hydrogen-bond donors (Lipinski definition) is 1. The maximum absolute atomic E-state index is 12.3. The molecule has 1 unspecified atom stereocenters. The largest absolute Gasteiger partial charge is 0.465 e. The number of pyridine rings is 1. The zero-order valence-corrected chi connectivity index (χ0v) is 9.13. The lowest BCUT2D eigenvalue weighted by Crippen LogP contribution is -2.14. The van der Waals surface area contributed by atoms with Crippen LogP contribution in [0.4, 0.5) is 13.2 Å². The smallest absolute Gasteiger partial charge is 0.433 e. The average molecular weight is 269 g/mol. The number of methoxy groups -OCH3 is 1. The summed E-state index contributed by atoms with van der Waals surface area (Å²) < 4.78 is 60.7. The van der Waals surface area contributed by atoms with Crippen molar-refractivity contribution in [2.75, 3.05) is 7.11 Å². The molecule has 0 aliphatic rings. The third-order valence-corrected chi connectivity index (χ3v) is 2.36. The Morgan fingerprint density at radius 3 is 2.47 bits per heavy atom. The van der Waals surface area contributed by atoms with Crippen LogP contribution in [0.2, 0.25) is 0 Å². The summed E-state index contributed by atoms with van der Waals surface area (Å²) in [5, 5.41) is -0.883. The highest BCUT2D eigenvalue weighted by Gasteiger charge is 2.34. The highest BCUT2D eigenvalue weighted by atomic mass is 32.2. The minimum absolute atomic E-state index is 0.485. The first-order valence-electron chi connectivity index (χ1n) is 4.04. The van der Waals surface area contributed by atoms with Crippen LogP contribution in [-0.2, 0) is 22.0 Å². The van der Waals surface area contributed by atoms with Crippen LogP contribution >= 0.6 is 0 Å². The topological polar surface area (TPSA) is 76.5 Å². The van der Waals surface area contributed by atoms with E-state index in [4.69, 9.17) is 4.55 Å². The normalized spacial score (nSPS) is 13.2. The molecule has 0 aliphatic carbocycles. The number of aromatic nitrogens is 1. The van der Waals surface area contributed by atoms with Crippen molar-refractivity contribution in [3.63, 3.8) is 0 Å². The number of carbonyl (C=O) groups is 1. The van der Waals surface area contributed by atoms with E-state index in [0.29, 0.717) is 6.07 Å². The molecular weight excluding hydrogens is 263 g/mol. The van der Waals surface area contributed by atoms with Crippen LogP contribution in [0.5, 0.6) is 0 Å². The van der Waals surface area contributed by atoms with Gasteiger partial charge in [-0.25, -0.2) is 14.0 Å². The van der Waals surface area contributed by atoms with E-state index in [2.05, 4.69) is 9.72 Å². The molecule has 0 spiro atoms. The summed E-state index contributed by atoms with van der Waals surface area (Å²) in [7, 11) is 0.990. The Morgan fingerprint density at radius 1 is 1.47 bits per heavy atom. The molecule has 0 amide bonds. The monoisotopic (exact) mass is 269 g/mol. The molecule has 1 heterocycles. The third kappa shape index (κ3) is 3.01. The molecule has 1 atom stereocenters. The standard InChI is InChI=1S/C8H6F3NO4S/c1-16-7(13)4-2-3-5(8(9,10)11)12-6(4)17(14)15/h2-3H,1H3,(H,14,15). The molecule has 0 fully saturated rings. The summed E-state index contributed by atoms with van der Waals surface area (Å²) in [5.74, 6) is -1.04. The van der Waals surface area contributed by atoms with Gasteiger partial charge in [0.2, 0.25) is 11.1 Å². The molecule has 1 aromatic rings. The van der Waals surface area contributed by atoms with E-state index in [0.717, 1.165) is 13.2 Å². The van der Waals surface area contributed by atoms with E-state index in [1.807, 2.05) is 0 Å². The lowest BCUT2D eigenvalue weighted by atomic mass is 10.2. The SMILES string of the molecule is COC(=O)c1ccc(C(F)(F)F)nc1S(=O)O. The highest BCUT2D eigenvalue weighted by Crippen LogP contribution is 2.28. The Morgan fingerprint density at radius 2 is 2.06 bits per heavy atom. The molecule has 17 heavy (non-hydrogen) atoms. The van der Waals surface area contributed by atoms with E-state index in [-0.39, 0.29) is 0 Å². The van der Waals surface area contributed by atoms with Crippen molar-refractivity contribution in [1.29, 1.82) is 0 Å². The lowest BCUT2D eigenvalue weighted by molar-refractivity contribution is -0.141. The van der Waals surface area contributed by atoms with E-state index < -0.39 is 39.5 Å². The van der Waals surface area contributed by atoms with E-state index in [1.165, 1.54) is 0 Å².